The number of likely N-dealkylation sites (tertiary alicyclic amines) is 1. The first kappa shape index (κ1) is 20.5. The third-order valence-electron chi connectivity index (χ3n) is 5.58. The Morgan fingerprint density at radius 3 is 2.69 bits per heavy atom. The van der Waals surface area contributed by atoms with Crippen LogP contribution in [0.25, 0.3) is 10.9 Å². The number of nitrogens with zero attached hydrogens (tertiary/aromatic N) is 3. The van der Waals surface area contributed by atoms with Gasteiger partial charge in [0.15, 0.2) is 0 Å². The third-order valence-corrected chi connectivity index (χ3v) is 6.83. The van der Waals surface area contributed by atoms with E-state index >= 15 is 0 Å². The molecular weight excluding hydrogens is 402 g/mol. The number of halogens is 1. The molecule has 0 radical (unpaired) electrons. The van der Waals surface area contributed by atoms with Crippen LogP contribution < -0.4 is 5.56 Å². The van der Waals surface area contributed by atoms with E-state index in [0.717, 1.165) is 40.0 Å². The third kappa shape index (κ3) is 4.85. The van der Waals surface area contributed by atoms with E-state index in [1.807, 2.05) is 42.5 Å². The summed E-state index contributed by atoms with van der Waals surface area (Å²) in [5, 5.41) is 1.40. The van der Waals surface area contributed by atoms with Crippen molar-refractivity contribution in [2.75, 3.05) is 13.1 Å². The Balaban J connectivity index is 1.57. The van der Waals surface area contributed by atoms with Crippen LogP contribution in [0.4, 0.5) is 0 Å². The van der Waals surface area contributed by atoms with E-state index in [1.54, 1.807) is 22.7 Å². The van der Waals surface area contributed by atoms with Gasteiger partial charge >= 0.3 is 0 Å². The Morgan fingerprint density at radius 2 is 1.93 bits per heavy atom. The van der Waals surface area contributed by atoms with E-state index < -0.39 is 0 Å². The van der Waals surface area contributed by atoms with Crippen molar-refractivity contribution in [3.8, 4) is 0 Å². The first-order valence-electron chi connectivity index (χ1n) is 10.2. The average Bonchev–Trinajstić information content (AvgIpc) is 2.72. The van der Waals surface area contributed by atoms with Gasteiger partial charge in [-0.3, -0.25) is 9.36 Å². The molecule has 0 aliphatic carbocycles. The predicted molar refractivity (Wildman–Crippen MR) is 121 cm³/mol. The van der Waals surface area contributed by atoms with Gasteiger partial charge in [0.2, 0.25) is 0 Å². The Kier molecular flexibility index (Phi) is 6.28. The summed E-state index contributed by atoms with van der Waals surface area (Å²) in [5.41, 5.74) is 0.800. The molecule has 29 heavy (non-hydrogen) atoms. The summed E-state index contributed by atoms with van der Waals surface area (Å²) in [4.78, 5) is 22.3. The number of benzene rings is 2. The van der Waals surface area contributed by atoms with Crippen LogP contribution in [0.2, 0.25) is 5.02 Å². The largest absolute Gasteiger partial charge is 0.301 e. The lowest BCUT2D eigenvalue weighted by Gasteiger charge is -2.35. The van der Waals surface area contributed by atoms with Crippen LogP contribution in [-0.4, -0.2) is 33.6 Å². The highest BCUT2D eigenvalue weighted by Crippen LogP contribution is 2.30. The van der Waals surface area contributed by atoms with Gasteiger partial charge in [0, 0.05) is 33.9 Å². The minimum absolute atomic E-state index is 0.0511. The fourth-order valence-electron chi connectivity index (χ4n) is 3.96. The Morgan fingerprint density at radius 1 is 1.17 bits per heavy atom. The molecule has 0 N–H and O–H groups in total. The molecule has 1 aromatic heterocycles. The lowest BCUT2D eigenvalue weighted by molar-refractivity contribution is 0.130. The molecule has 6 heteroatoms. The smallest absolute Gasteiger partial charge is 0.261 e. The fraction of sp³-hybridized carbons (Fsp3) is 0.391. The van der Waals surface area contributed by atoms with E-state index in [4.69, 9.17) is 11.6 Å². The standard InChI is InChI=1S/C23H26ClN3OS/c1-16(2)26-11-3-4-17(13-26)14-27-15-25-22-10-9-20(12-21(22)23(27)28)29-19-7-5-18(24)6-8-19/h5-10,12,15-17H,3-4,11,13-14H2,1-2H3. The molecular formula is C23H26ClN3OS. The van der Waals surface area contributed by atoms with Crippen LogP contribution in [0.15, 0.2) is 63.4 Å². The molecule has 1 saturated heterocycles. The summed E-state index contributed by atoms with van der Waals surface area (Å²) in [6.07, 6.45) is 4.08. The molecule has 4 nitrogen and oxygen atoms in total. The molecule has 1 aliphatic rings. The van der Waals surface area contributed by atoms with Crippen molar-refractivity contribution in [1.29, 1.82) is 0 Å². The second-order valence-electron chi connectivity index (χ2n) is 8.03. The summed E-state index contributed by atoms with van der Waals surface area (Å²) in [5.74, 6) is 0.495. The number of hydrogen-bond donors (Lipinski definition) is 0. The lowest BCUT2D eigenvalue weighted by atomic mass is 9.97. The normalized spacial score (nSPS) is 17.9. The highest BCUT2D eigenvalue weighted by molar-refractivity contribution is 7.99. The second kappa shape index (κ2) is 8.90. The van der Waals surface area contributed by atoms with Gasteiger partial charge in [-0.2, -0.15) is 0 Å². The molecule has 0 saturated carbocycles. The monoisotopic (exact) mass is 427 g/mol. The number of aromatic nitrogens is 2. The fourth-order valence-corrected chi connectivity index (χ4v) is 4.95. The zero-order chi connectivity index (χ0) is 20.4. The number of rotatable bonds is 5. The van der Waals surface area contributed by atoms with Crippen molar-refractivity contribution in [2.24, 2.45) is 5.92 Å². The highest BCUT2D eigenvalue weighted by Gasteiger charge is 2.22. The van der Waals surface area contributed by atoms with Gasteiger partial charge in [-0.15, -0.1) is 0 Å². The Hall–Kier alpha value is -1.82. The van der Waals surface area contributed by atoms with E-state index in [2.05, 4.69) is 23.7 Å². The van der Waals surface area contributed by atoms with Crippen molar-refractivity contribution in [3.05, 3.63) is 64.2 Å². The summed E-state index contributed by atoms with van der Waals surface area (Å²) in [6, 6.07) is 14.2. The Labute approximate surface area is 180 Å². The van der Waals surface area contributed by atoms with E-state index in [0.29, 0.717) is 17.3 Å². The highest BCUT2D eigenvalue weighted by atomic mass is 35.5. The SMILES string of the molecule is CC(C)N1CCCC(Cn2cnc3ccc(Sc4ccc(Cl)cc4)cc3c2=O)C1. The molecule has 0 amide bonds. The van der Waals surface area contributed by atoms with Gasteiger partial charge in [-0.1, -0.05) is 23.4 Å². The summed E-state index contributed by atoms with van der Waals surface area (Å²) in [6.45, 7) is 7.43. The molecule has 1 atom stereocenters. The topological polar surface area (TPSA) is 38.1 Å². The molecule has 1 fully saturated rings. The van der Waals surface area contributed by atoms with Gasteiger partial charge in [-0.25, -0.2) is 4.98 Å². The Bertz CT molecular complexity index is 1050. The van der Waals surface area contributed by atoms with Crippen molar-refractivity contribution in [1.82, 2.24) is 14.5 Å². The van der Waals surface area contributed by atoms with Crippen LogP contribution in [0.3, 0.4) is 0 Å². The number of piperidine rings is 1. The van der Waals surface area contributed by atoms with Crippen LogP contribution >= 0.6 is 23.4 Å². The molecule has 4 rings (SSSR count). The minimum atomic E-state index is 0.0511. The maximum Gasteiger partial charge on any atom is 0.261 e. The summed E-state index contributed by atoms with van der Waals surface area (Å²) in [7, 11) is 0. The molecule has 0 bridgehead atoms. The number of fused-ring (bicyclic) bond motifs is 1. The van der Waals surface area contributed by atoms with Crippen LogP contribution in [0.5, 0.6) is 0 Å². The van der Waals surface area contributed by atoms with Gasteiger partial charge < -0.3 is 4.90 Å². The van der Waals surface area contributed by atoms with Crippen molar-refractivity contribution in [2.45, 2.75) is 49.1 Å². The first-order chi connectivity index (χ1) is 14.0. The zero-order valence-electron chi connectivity index (χ0n) is 16.8. The molecule has 2 heterocycles. The van der Waals surface area contributed by atoms with Crippen molar-refractivity contribution >= 4 is 34.3 Å². The lowest BCUT2D eigenvalue weighted by Crippen LogP contribution is -2.42. The first-order valence-corrected chi connectivity index (χ1v) is 11.4. The summed E-state index contributed by atoms with van der Waals surface area (Å²) >= 11 is 7.60. The van der Waals surface area contributed by atoms with Crippen LogP contribution in [0.1, 0.15) is 26.7 Å². The van der Waals surface area contributed by atoms with Crippen molar-refractivity contribution in [3.63, 3.8) is 0 Å². The average molecular weight is 428 g/mol. The molecule has 152 valence electrons. The van der Waals surface area contributed by atoms with Gasteiger partial charge in [0.1, 0.15) is 0 Å². The maximum atomic E-state index is 13.1. The predicted octanol–water partition coefficient (Wildman–Crippen LogP) is 5.32. The molecule has 2 aromatic carbocycles. The maximum absolute atomic E-state index is 13.1. The van der Waals surface area contributed by atoms with Gasteiger partial charge in [0.25, 0.3) is 5.56 Å². The quantitative estimate of drug-likeness (QED) is 0.552. The molecule has 0 spiro atoms. The van der Waals surface area contributed by atoms with Crippen LogP contribution in [-0.2, 0) is 6.54 Å². The second-order valence-corrected chi connectivity index (χ2v) is 9.62. The number of hydrogen-bond acceptors (Lipinski definition) is 4. The molecule has 3 aromatic rings. The van der Waals surface area contributed by atoms with Gasteiger partial charge in [0.05, 0.1) is 17.2 Å². The van der Waals surface area contributed by atoms with Crippen molar-refractivity contribution < 1.29 is 0 Å². The van der Waals surface area contributed by atoms with E-state index in [9.17, 15) is 4.79 Å². The van der Waals surface area contributed by atoms with E-state index in [-0.39, 0.29) is 5.56 Å². The minimum Gasteiger partial charge on any atom is -0.301 e. The van der Waals surface area contributed by atoms with Gasteiger partial charge in [-0.05, 0) is 81.6 Å². The zero-order valence-corrected chi connectivity index (χ0v) is 18.4. The summed E-state index contributed by atoms with van der Waals surface area (Å²) < 4.78 is 1.80. The van der Waals surface area contributed by atoms with E-state index in [1.165, 1.54) is 12.8 Å². The van der Waals surface area contributed by atoms with Crippen LogP contribution in [0, 0.1) is 5.92 Å². The molecule has 1 unspecified atom stereocenters. The molecule has 1 aliphatic heterocycles.